The first-order valence-electron chi connectivity index (χ1n) is 4.87. The van der Waals surface area contributed by atoms with E-state index >= 15 is 0 Å². The Morgan fingerprint density at radius 1 is 1.18 bits per heavy atom. The summed E-state index contributed by atoms with van der Waals surface area (Å²) in [4.78, 5) is 0. The summed E-state index contributed by atoms with van der Waals surface area (Å²) in [5, 5.41) is 0. The smallest absolute Gasteiger partial charge is 0.0708 e. The molecule has 1 atom stereocenters. The van der Waals surface area contributed by atoms with Crippen LogP contribution >= 0.6 is 0 Å². The first-order chi connectivity index (χ1) is 5.26. The number of ether oxygens (including phenoxy) is 1. The second kappa shape index (κ2) is 6.86. The lowest BCUT2D eigenvalue weighted by Gasteiger charge is -2.19. The topological polar surface area (TPSA) is 9.23 Å². The van der Waals surface area contributed by atoms with Crippen LogP contribution in [0.4, 0.5) is 0 Å². The maximum Gasteiger partial charge on any atom is 0.0708 e. The average Bonchev–Trinajstić information content (AvgIpc) is 2.03. The zero-order chi connectivity index (χ0) is 8.69. The van der Waals surface area contributed by atoms with Crippen LogP contribution in [0.15, 0.2) is 0 Å². The van der Waals surface area contributed by atoms with Crippen molar-refractivity contribution in [3.8, 4) is 0 Å². The Hall–Kier alpha value is 0.177. The Morgan fingerprint density at radius 3 is 2.09 bits per heavy atom. The van der Waals surface area contributed by atoms with Crippen molar-refractivity contribution in [3.63, 3.8) is 0 Å². The molecule has 0 aliphatic heterocycles. The highest BCUT2D eigenvalue weighted by atomic mass is 28.3. The Bertz CT molecular complexity index is 81.6. The molecule has 0 saturated heterocycles. The third kappa shape index (κ3) is 4.59. The zero-order valence-corrected chi connectivity index (χ0v) is 9.55. The molecular weight excluding hydrogens is 152 g/mol. The molecule has 0 heterocycles. The molecule has 0 radical (unpaired) electrons. The van der Waals surface area contributed by atoms with Gasteiger partial charge >= 0.3 is 0 Å². The summed E-state index contributed by atoms with van der Waals surface area (Å²) in [6.45, 7) is 9.96. The van der Waals surface area contributed by atoms with E-state index < -0.39 is 8.80 Å². The molecule has 2 heteroatoms. The van der Waals surface area contributed by atoms with Gasteiger partial charge in [0.1, 0.15) is 0 Å². The van der Waals surface area contributed by atoms with Crippen molar-refractivity contribution >= 4 is 8.80 Å². The molecule has 0 amide bonds. The molecule has 0 aromatic rings. The minimum atomic E-state index is -0.540. The van der Waals surface area contributed by atoms with Gasteiger partial charge in [0.05, 0.1) is 8.80 Å². The molecule has 68 valence electrons. The van der Waals surface area contributed by atoms with Gasteiger partial charge in [-0.2, -0.15) is 0 Å². The second-order valence-corrected chi connectivity index (χ2v) is 7.24. The van der Waals surface area contributed by atoms with Gasteiger partial charge in [0, 0.05) is 12.3 Å². The molecular formula is C9H22OSi. The van der Waals surface area contributed by atoms with Crippen LogP contribution in [0.1, 0.15) is 34.1 Å². The van der Waals surface area contributed by atoms with Crippen LogP contribution in [0.25, 0.3) is 0 Å². The summed E-state index contributed by atoms with van der Waals surface area (Å²) < 4.78 is 5.70. The van der Waals surface area contributed by atoms with Gasteiger partial charge < -0.3 is 4.74 Å². The SMILES string of the molecule is CCCOC(C)[SiH](CC)CC. The minimum absolute atomic E-state index is 0.540. The highest BCUT2D eigenvalue weighted by molar-refractivity contribution is 6.59. The first-order valence-corrected chi connectivity index (χ1v) is 7.17. The third-order valence-corrected chi connectivity index (χ3v) is 5.92. The summed E-state index contributed by atoms with van der Waals surface area (Å²) in [5.41, 5.74) is 0.588. The van der Waals surface area contributed by atoms with Crippen molar-refractivity contribution in [2.24, 2.45) is 0 Å². The molecule has 0 N–H and O–H groups in total. The summed E-state index contributed by atoms with van der Waals surface area (Å²) in [5.74, 6) is 0. The van der Waals surface area contributed by atoms with E-state index in [2.05, 4.69) is 27.7 Å². The normalized spacial score (nSPS) is 13.9. The lowest BCUT2D eigenvalue weighted by molar-refractivity contribution is 0.114. The van der Waals surface area contributed by atoms with E-state index in [0.717, 1.165) is 13.0 Å². The summed E-state index contributed by atoms with van der Waals surface area (Å²) in [6, 6.07) is 2.75. The van der Waals surface area contributed by atoms with Crippen LogP contribution in [0.5, 0.6) is 0 Å². The van der Waals surface area contributed by atoms with Gasteiger partial charge in [-0.25, -0.2) is 0 Å². The van der Waals surface area contributed by atoms with Gasteiger partial charge in [0.15, 0.2) is 0 Å². The van der Waals surface area contributed by atoms with Gasteiger partial charge in [-0.1, -0.05) is 32.9 Å². The molecule has 1 unspecified atom stereocenters. The predicted molar refractivity (Wildman–Crippen MR) is 53.8 cm³/mol. The number of hydrogen-bond donors (Lipinski definition) is 0. The highest BCUT2D eigenvalue weighted by Crippen LogP contribution is 2.07. The molecule has 0 saturated carbocycles. The van der Waals surface area contributed by atoms with E-state index in [9.17, 15) is 0 Å². The van der Waals surface area contributed by atoms with Crippen molar-refractivity contribution in [2.75, 3.05) is 6.61 Å². The summed E-state index contributed by atoms with van der Waals surface area (Å²) >= 11 is 0. The Labute approximate surface area is 72.7 Å². The Morgan fingerprint density at radius 2 is 1.73 bits per heavy atom. The van der Waals surface area contributed by atoms with Crippen molar-refractivity contribution in [1.29, 1.82) is 0 Å². The molecule has 0 aromatic carbocycles. The van der Waals surface area contributed by atoms with Crippen LogP contribution in [-0.2, 0) is 4.74 Å². The maximum absolute atomic E-state index is 5.70. The van der Waals surface area contributed by atoms with Crippen molar-refractivity contribution in [3.05, 3.63) is 0 Å². The minimum Gasteiger partial charge on any atom is -0.382 e. The molecule has 11 heavy (non-hydrogen) atoms. The van der Waals surface area contributed by atoms with Gasteiger partial charge in [-0.05, 0) is 13.3 Å². The highest BCUT2D eigenvalue weighted by Gasteiger charge is 2.14. The first kappa shape index (κ1) is 11.2. The van der Waals surface area contributed by atoms with E-state index in [0.29, 0.717) is 5.73 Å². The quantitative estimate of drug-likeness (QED) is 0.562. The van der Waals surface area contributed by atoms with E-state index in [1.807, 2.05) is 0 Å². The van der Waals surface area contributed by atoms with Crippen LogP contribution < -0.4 is 0 Å². The average molecular weight is 174 g/mol. The largest absolute Gasteiger partial charge is 0.382 e. The van der Waals surface area contributed by atoms with Gasteiger partial charge in [0.25, 0.3) is 0 Å². The predicted octanol–water partition coefficient (Wildman–Crippen LogP) is 2.61. The van der Waals surface area contributed by atoms with Gasteiger partial charge in [-0.3, -0.25) is 0 Å². The molecule has 0 aliphatic carbocycles. The number of hydrogen-bond acceptors (Lipinski definition) is 1. The lowest BCUT2D eigenvalue weighted by Crippen LogP contribution is -2.29. The molecule has 0 fully saturated rings. The second-order valence-electron chi connectivity index (χ2n) is 3.15. The molecule has 0 spiro atoms. The van der Waals surface area contributed by atoms with Crippen LogP contribution in [-0.4, -0.2) is 21.1 Å². The Balaban J connectivity index is 3.51. The fourth-order valence-electron chi connectivity index (χ4n) is 1.39. The Kier molecular flexibility index (Phi) is 6.97. The molecule has 0 aliphatic rings. The third-order valence-electron chi connectivity index (χ3n) is 2.30. The maximum atomic E-state index is 5.70. The van der Waals surface area contributed by atoms with Crippen molar-refractivity contribution in [1.82, 2.24) is 0 Å². The molecule has 1 nitrogen and oxygen atoms in total. The van der Waals surface area contributed by atoms with Crippen molar-refractivity contribution < 1.29 is 4.74 Å². The fourth-order valence-corrected chi connectivity index (χ4v) is 3.71. The number of rotatable bonds is 6. The summed E-state index contributed by atoms with van der Waals surface area (Å²) in [6.07, 6.45) is 1.15. The fraction of sp³-hybridized carbons (Fsp3) is 1.00. The molecule has 0 rings (SSSR count). The van der Waals surface area contributed by atoms with E-state index in [4.69, 9.17) is 4.74 Å². The van der Waals surface area contributed by atoms with Crippen molar-refractivity contribution in [2.45, 2.75) is 51.9 Å². The van der Waals surface area contributed by atoms with E-state index in [1.54, 1.807) is 0 Å². The monoisotopic (exact) mass is 174 g/mol. The zero-order valence-electron chi connectivity index (χ0n) is 8.39. The van der Waals surface area contributed by atoms with Crippen LogP contribution in [0, 0.1) is 0 Å². The van der Waals surface area contributed by atoms with Gasteiger partial charge in [-0.15, -0.1) is 0 Å². The van der Waals surface area contributed by atoms with Crippen LogP contribution in [0.3, 0.4) is 0 Å². The van der Waals surface area contributed by atoms with E-state index in [-0.39, 0.29) is 0 Å². The van der Waals surface area contributed by atoms with Gasteiger partial charge in [0.2, 0.25) is 0 Å². The summed E-state index contributed by atoms with van der Waals surface area (Å²) in [7, 11) is -0.540. The van der Waals surface area contributed by atoms with Crippen LogP contribution in [0.2, 0.25) is 12.1 Å². The molecule has 0 aromatic heterocycles. The molecule has 0 bridgehead atoms. The lowest BCUT2D eigenvalue weighted by atomic mass is 10.5. The standard InChI is InChI=1S/C9H22OSi/c1-5-8-10-9(4)11(6-2)7-3/h9,11H,5-8H2,1-4H3. The van der Waals surface area contributed by atoms with E-state index in [1.165, 1.54) is 12.1 Å².